The molecule has 0 aromatic heterocycles. The van der Waals surface area contributed by atoms with Crippen LogP contribution in [0.5, 0.6) is 0 Å². The Balaban J connectivity index is 0.000000327. The Morgan fingerprint density at radius 2 is 1.94 bits per heavy atom. The second-order valence-corrected chi connectivity index (χ2v) is 4.00. The predicted octanol–water partition coefficient (Wildman–Crippen LogP) is -2.11. The van der Waals surface area contributed by atoms with Crippen molar-refractivity contribution in [3.63, 3.8) is 0 Å². The maximum atomic E-state index is 10.4. The molecule has 2 amide bonds. The number of rotatable bonds is 5. The van der Waals surface area contributed by atoms with Crippen LogP contribution in [0.1, 0.15) is 25.7 Å². The van der Waals surface area contributed by atoms with Crippen molar-refractivity contribution in [1.29, 1.82) is 0 Å². The van der Waals surface area contributed by atoms with Crippen molar-refractivity contribution in [3.8, 4) is 0 Å². The maximum absolute atomic E-state index is 10.4. The van der Waals surface area contributed by atoms with Crippen molar-refractivity contribution < 1.29 is 19.5 Å². The number of carbonyl (C=O) groups is 3. The molecule has 8 nitrogen and oxygen atoms in total. The number of carboxylic acids is 1. The van der Waals surface area contributed by atoms with E-state index < -0.39 is 17.9 Å². The summed E-state index contributed by atoms with van der Waals surface area (Å²) in [7, 11) is 0. The van der Waals surface area contributed by atoms with Crippen LogP contribution in [0.3, 0.4) is 0 Å². The average molecular weight is 260 g/mol. The second kappa shape index (κ2) is 8.43. The van der Waals surface area contributed by atoms with E-state index in [0.717, 1.165) is 19.4 Å². The van der Waals surface area contributed by atoms with Crippen molar-refractivity contribution in [2.24, 2.45) is 17.2 Å². The van der Waals surface area contributed by atoms with Gasteiger partial charge in [-0.05, 0) is 25.8 Å². The molecule has 2 atom stereocenters. The smallest absolute Gasteiger partial charge is 0.320 e. The molecule has 0 spiro atoms. The highest BCUT2D eigenvalue weighted by atomic mass is 16.4. The Hall–Kier alpha value is -1.67. The fraction of sp³-hybridized carbons (Fsp3) is 0.700. The van der Waals surface area contributed by atoms with Gasteiger partial charge in [0.05, 0.1) is 6.04 Å². The molecule has 1 saturated heterocycles. The molecule has 1 unspecified atom stereocenters. The number of aliphatic carboxylic acids is 1. The normalized spacial score (nSPS) is 19.5. The topological polar surface area (TPSA) is 162 Å². The lowest BCUT2D eigenvalue weighted by Gasteiger charge is -2.01. The van der Waals surface area contributed by atoms with Crippen LogP contribution in [-0.2, 0) is 14.4 Å². The molecule has 0 radical (unpaired) electrons. The summed E-state index contributed by atoms with van der Waals surface area (Å²) in [5.41, 5.74) is 14.8. The molecule has 0 aromatic rings. The van der Waals surface area contributed by atoms with Crippen LogP contribution >= 0.6 is 0 Å². The van der Waals surface area contributed by atoms with Gasteiger partial charge in [0.15, 0.2) is 0 Å². The fourth-order valence-electron chi connectivity index (χ4n) is 1.35. The lowest BCUT2D eigenvalue weighted by atomic mass is 10.2. The summed E-state index contributed by atoms with van der Waals surface area (Å²) in [5.74, 6) is -1.86. The van der Waals surface area contributed by atoms with E-state index in [9.17, 15) is 14.4 Å². The molecule has 18 heavy (non-hydrogen) atoms. The fourth-order valence-corrected chi connectivity index (χ4v) is 1.35. The second-order valence-electron chi connectivity index (χ2n) is 4.00. The lowest BCUT2D eigenvalue weighted by molar-refractivity contribution is -0.138. The highest BCUT2D eigenvalue weighted by Gasteiger charge is 2.18. The number of carbonyl (C=O) groups excluding carboxylic acids is 2. The minimum Gasteiger partial charge on any atom is -0.480 e. The van der Waals surface area contributed by atoms with Gasteiger partial charge in [-0.3, -0.25) is 14.4 Å². The predicted molar refractivity (Wildman–Crippen MR) is 64.3 cm³/mol. The van der Waals surface area contributed by atoms with Crippen LogP contribution in [0, 0.1) is 0 Å². The lowest BCUT2D eigenvalue weighted by Crippen LogP contribution is -2.36. The summed E-state index contributed by atoms with van der Waals surface area (Å²) in [6.07, 6.45) is 2.11. The molecule has 1 fully saturated rings. The number of nitrogens with one attached hydrogen (secondary N) is 1. The van der Waals surface area contributed by atoms with Crippen LogP contribution in [0.2, 0.25) is 0 Å². The molecule has 8 heteroatoms. The first-order chi connectivity index (χ1) is 8.34. The number of amides is 2. The van der Waals surface area contributed by atoms with Crippen molar-refractivity contribution in [3.05, 3.63) is 0 Å². The molecular weight excluding hydrogens is 240 g/mol. The first-order valence-electron chi connectivity index (χ1n) is 5.64. The van der Waals surface area contributed by atoms with Gasteiger partial charge in [-0.15, -0.1) is 0 Å². The summed E-state index contributed by atoms with van der Waals surface area (Å²) in [4.78, 5) is 30.5. The van der Waals surface area contributed by atoms with Gasteiger partial charge in [0.2, 0.25) is 11.8 Å². The molecule has 0 saturated carbocycles. The Morgan fingerprint density at radius 1 is 1.33 bits per heavy atom. The summed E-state index contributed by atoms with van der Waals surface area (Å²) in [6, 6.07) is -1.03. The number of carboxylic acid groups (broad SMARTS) is 1. The molecular formula is C10H20N4O4. The monoisotopic (exact) mass is 260 g/mol. The van der Waals surface area contributed by atoms with Gasteiger partial charge in [0, 0.05) is 6.42 Å². The van der Waals surface area contributed by atoms with Crippen LogP contribution < -0.4 is 22.5 Å². The SMILES string of the molecule is NC(=O)C1CCCN1.NC(=O)CC[C@H](N)C(=O)O. The molecule has 1 aliphatic heterocycles. The molecule has 1 rings (SSSR count). The molecule has 0 aliphatic carbocycles. The Labute approximate surface area is 105 Å². The van der Waals surface area contributed by atoms with E-state index >= 15 is 0 Å². The zero-order valence-electron chi connectivity index (χ0n) is 10.1. The largest absolute Gasteiger partial charge is 0.480 e. The van der Waals surface area contributed by atoms with Gasteiger partial charge in [-0.2, -0.15) is 0 Å². The Bertz CT molecular complexity index is 302. The minimum absolute atomic E-state index is 0.0213. The number of hydrogen-bond acceptors (Lipinski definition) is 5. The molecule has 0 bridgehead atoms. The highest BCUT2D eigenvalue weighted by molar-refractivity contribution is 5.80. The van der Waals surface area contributed by atoms with E-state index in [-0.39, 0.29) is 24.8 Å². The number of nitrogens with two attached hydrogens (primary N) is 3. The van der Waals surface area contributed by atoms with Gasteiger partial charge in [0.1, 0.15) is 6.04 Å². The Morgan fingerprint density at radius 3 is 2.22 bits per heavy atom. The minimum atomic E-state index is -1.11. The van der Waals surface area contributed by atoms with Gasteiger partial charge < -0.3 is 27.6 Å². The van der Waals surface area contributed by atoms with Gasteiger partial charge in [-0.1, -0.05) is 0 Å². The van der Waals surface area contributed by atoms with E-state index in [1.54, 1.807) is 0 Å². The maximum Gasteiger partial charge on any atom is 0.320 e. The third-order valence-electron chi connectivity index (χ3n) is 2.42. The van der Waals surface area contributed by atoms with Crippen molar-refractivity contribution >= 4 is 17.8 Å². The van der Waals surface area contributed by atoms with E-state index in [1.165, 1.54) is 0 Å². The zero-order valence-corrected chi connectivity index (χ0v) is 10.1. The number of hydrogen-bond donors (Lipinski definition) is 5. The third kappa shape index (κ3) is 7.58. The molecule has 104 valence electrons. The summed E-state index contributed by atoms with van der Waals surface area (Å²) in [5, 5.41) is 11.2. The summed E-state index contributed by atoms with van der Waals surface area (Å²) < 4.78 is 0. The van der Waals surface area contributed by atoms with Crippen LogP contribution in [-0.4, -0.2) is 41.5 Å². The number of primary amides is 2. The third-order valence-corrected chi connectivity index (χ3v) is 2.42. The Kier molecular flexibility index (Phi) is 7.64. The van der Waals surface area contributed by atoms with Gasteiger partial charge in [-0.25, -0.2) is 0 Å². The van der Waals surface area contributed by atoms with Crippen LogP contribution in [0.25, 0.3) is 0 Å². The first-order valence-corrected chi connectivity index (χ1v) is 5.64. The van der Waals surface area contributed by atoms with Crippen molar-refractivity contribution in [1.82, 2.24) is 5.32 Å². The van der Waals surface area contributed by atoms with E-state index in [0.29, 0.717) is 0 Å². The van der Waals surface area contributed by atoms with Crippen LogP contribution in [0.4, 0.5) is 0 Å². The molecule has 8 N–H and O–H groups in total. The first kappa shape index (κ1) is 16.3. The molecule has 1 heterocycles. The van der Waals surface area contributed by atoms with Gasteiger partial charge in [0.25, 0.3) is 0 Å². The van der Waals surface area contributed by atoms with E-state index in [4.69, 9.17) is 22.3 Å². The van der Waals surface area contributed by atoms with Gasteiger partial charge >= 0.3 is 5.97 Å². The standard InChI is InChI=1S/C5H10N2O3.C5H10N2O/c6-3(5(9)10)1-2-4(7)8;6-5(8)4-2-1-3-7-4/h3H,1-2,6H2,(H2,7,8)(H,9,10);4,7H,1-3H2,(H2,6,8)/t3-;/m0./s1. The summed E-state index contributed by atoms with van der Waals surface area (Å²) in [6.45, 7) is 0.938. The van der Waals surface area contributed by atoms with Crippen molar-refractivity contribution in [2.45, 2.75) is 37.8 Å². The molecule has 0 aromatic carbocycles. The van der Waals surface area contributed by atoms with E-state index in [1.807, 2.05) is 0 Å². The highest BCUT2D eigenvalue weighted by Crippen LogP contribution is 2.02. The molecule has 1 aliphatic rings. The van der Waals surface area contributed by atoms with Crippen molar-refractivity contribution in [2.75, 3.05) is 6.54 Å². The van der Waals surface area contributed by atoms with E-state index in [2.05, 4.69) is 5.32 Å². The van der Waals surface area contributed by atoms with Crippen LogP contribution in [0.15, 0.2) is 0 Å². The summed E-state index contributed by atoms with van der Waals surface area (Å²) >= 11 is 0. The zero-order chi connectivity index (χ0) is 14.1. The average Bonchev–Trinajstić information content (AvgIpc) is 2.79. The quantitative estimate of drug-likeness (QED) is 0.380.